The number of carbonyl (C=O) groups excluding carboxylic acids is 1. The zero-order valence-electron chi connectivity index (χ0n) is 20.0. The van der Waals surface area contributed by atoms with E-state index in [9.17, 15) is 9.90 Å². The maximum Gasteiger partial charge on any atom is 0.338 e. The highest BCUT2D eigenvalue weighted by atomic mass is 16.5. The van der Waals surface area contributed by atoms with Crippen LogP contribution in [-0.4, -0.2) is 23.9 Å². The molecule has 0 heterocycles. The van der Waals surface area contributed by atoms with Crippen LogP contribution in [0.5, 0.6) is 5.75 Å². The van der Waals surface area contributed by atoms with Crippen LogP contribution in [0.1, 0.15) is 93.6 Å². The maximum atomic E-state index is 12.2. The Morgan fingerprint density at radius 1 is 1.03 bits per heavy atom. The number of ether oxygens (including phenoxy) is 1. The van der Waals surface area contributed by atoms with Gasteiger partial charge in [0.15, 0.2) is 0 Å². The standard InChI is InChI=1S/C28H39NO3/c1-4-6-7-8-9-10-11-23-12-16-26(17-13-23)29-21-25-15-14-24(20-27(25)30)28(31)32-19-18-22(3)5-2/h12-17,20-22,30H,4-11,18-19H2,1-3H3. The lowest BCUT2D eigenvalue weighted by atomic mass is 10.0. The molecule has 0 aliphatic carbocycles. The number of unbranched alkanes of at least 4 members (excludes halogenated alkanes) is 5. The lowest BCUT2D eigenvalue weighted by Gasteiger charge is -2.09. The topological polar surface area (TPSA) is 58.9 Å². The number of carbonyl (C=O) groups is 1. The molecule has 32 heavy (non-hydrogen) atoms. The predicted octanol–water partition coefficient (Wildman–Crippen LogP) is 7.64. The van der Waals surface area contributed by atoms with Crippen LogP contribution >= 0.6 is 0 Å². The number of aliphatic imine (C=N–C) groups is 1. The Hall–Kier alpha value is -2.62. The second-order valence-corrected chi connectivity index (χ2v) is 8.65. The number of phenolic OH excluding ortho intramolecular Hbond substituents is 1. The van der Waals surface area contributed by atoms with Crippen molar-refractivity contribution < 1.29 is 14.6 Å². The van der Waals surface area contributed by atoms with Gasteiger partial charge in [0, 0.05) is 11.8 Å². The number of nitrogens with zero attached hydrogens (tertiary/aromatic N) is 1. The Morgan fingerprint density at radius 2 is 1.75 bits per heavy atom. The highest BCUT2D eigenvalue weighted by Crippen LogP contribution is 2.20. The highest BCUT2D eigenvalue weighted by molar-refractivity contribution is 5.92. The van der Waals surface area contributed by atoms with Gasteiger partial charge >= 0.3 is 5.97 Å². The van der Waals surface area contributed by atoms with Crippen molar-refractivity contribution in [2.75, 3.05) is 6.61 Å². The minimum atomic E-state index is -0.409. The van der Waals surface area contributed by atoms with Crippen LogP contribution < -0.4 is 0 Å². The van der Waals surface area contributed by atoms with Crippen LogP contribution in [0.25, 0.3) is 0 Å². The molecule has 2 aromatic carbocycles. The van der Waals surface area contributed by atoms with Gasteiger partial charge in [0.1, 0.15) is 5.75 Å². The van der Waals surface area contributed by atoms with E-state index in [2.05, 4.69) is 37.9 Å². The van der Waals surface area contributed by atoms with E-state index in [4.69, 9.17) is 4.74 Å². The fourth-order valence-electron chi connectivity index (χ4n) is 3.42. The van der Waals surface area contributed by atoms with Gasteiger partial charge in [-0.2, -0.15) is 0 Å². The van der Waals surface area contributed by atoms with Crippen molar-refractivity contribution in [1.29, 1.82) is 0 Å². The van der Waals surface area contributed by atoms with Crippen molar-refractivity contribution in [3.63, 3.8) is 0 Å². The third-order valence-electron chi connectivity index (χ3n) is 5.91. The van der Waals surface area contributed by atoms with Crippen molar-refractivity contribution >= 4 is 17.9 Å². The summed E-state index contributed by atoms with van der Waals surface area (Å²) in [5.74, 6) is 0.136. The van der Waals surface area contributed by atoms with Gasteiger partial charge in [-0.25, -0.2) is 4.79 Å². The lowest BCUT2D eigenvalue weighted by molar-refractivity contribution is 0.0484. The van der Waals surface area contributed by atoms with Crippen LogP contribution in [-0.2, 0) is 11.2 Å². The summed E-state index contributed by atoms with van der Waals surface area (Å²) >= 11 is 0. The van der Waals surface area contributed by atoms with E-state index in [1.54, 1.807) is 18.3 Å². The zero-order valence-corrected chi connectivity index (χ0v) is 20.0. The molecule has 1 unspecified atom stereocenters. The molecule has 1 atom stereocenters. The smallest absolute Gasteiger partial charge is 0.338 e. The molecule has 0 aromatic heterocycles. The number of rotatable bonds is 14. The van der Waals surface area contributed by atoms with Crippen LogP contribution in [0.3, 0.4) is 0 Å². The Kier molecular flexibility index (Phi) is 11.6. The number of benzene rings is 2. The van der Waals surface area contributed by atoms with Crippen molar-refractivity contribution in [2.45, 2.75) is 78.6 Å². The first-order valence-corrected chi connectivity index (χ1v) is 12.2. The second kappa shape index (κ2) is 14.4. The number of hydrogen-bond acceptors (Lipinski definition) is 4. The van der Waals surface area contributed by atoms with E-state index in [0.717, 1.165) is 24.9 Å². The van der Waals surface area contributed by atoms with E-state index in [0.29, 0.717) is 23.7 Å². The van der Waals surface area contributed by atoms with Crippen LogP contribution in [0.2, 0.25) is 0 Å². The molecule has 0 amide bonds. The Labute approximate surface area is 193 Å². The third kappa shape index (κ3) is 9.25. The zero-order chi connectivity index (χ0) is 23.2. The highest BCUT2D eigenvalue weighted by Gasteiger charge is 2.10. The minimum Gasteiger partial charge on any atom is -0.507 e. The van der Waals surface area contributed by atoms with Gasteiger partial charge in [-0.3, -0.25) is 4.99 Å². The number of hydrogen-bond donors (Lipinski definition) is 1. The molecule has 0 bridgehead atoms. The molecule has 2 rings (SSSR count). The number of aromatic hydroxyl groups is 1. The molecule has 0 fully saturated rings. The summed E-state index contributed by atoms with van der Waals surface area (Å²) in [4.78, 5) is 16.6. The molecule has 0 spiro atoms. The van der Waals surface area contributed by atoms with Gasteiger partial charge in [0.2, 0.25) is 0 Å². The van der Waals surface area contributed by atoms with Crippen LogP contribution in [0, 0.1) is 5.92 Å². The molecule has 4 nitrogen and oxygen atoms in total. The van der Waals surface area contributed by atoms with E-state index in [-0.39, 0.29) is 5.75 Å². The van der Waals surface area contributed by atoms with E-state index in [1.165, 1.54) is 50.2 Å². The van der Waals surface area contributed by atoms with Gasteiger partial charge in [-0.15, -0.1) is 0 Å². The molecule has 2 aromatic rings. The molecule has 4 heteroatoms. The van der Waals surface area contributed by atoms with E-state index < -0.39 is 5.97 Å². The Morgan fingerprint density at radius 3 is 2.44 bits per heavy atom. The van der Waals surface area contributed by atoms with Gasteiger partial charge in [0.25, 0.3) is 0 Å². The lowest BCUT2D eigenvalue weighted by Crippen LogP contribution is -2.09. The molecular weight excluding hydrogens is 398 g/mol. The number of aryl methyl sites for hydroxylation is 1. The molecule has 0 saturated carbocycles. The summed E-state index contributed by atoms with van der Waals surface area (Å²) in [6.07, 6.45) is 12.5. The average molecular weight is 438 g/mol. The third-order valence-corrected chi connectivity index (χ3v) is 5.91. The summed E-state index contributed by atoms with van der Waals surface area (Å²) in [6.45, 7) is 6.90. The van der Waals surface area contributed by atoms with Gasteiger partial charge in [-0.1, -0.05) is 71.4 Å². The van der Waals surface area contributed by atoms with Gasteiger partial charge < -0.3 is 9.84 Å². The van der Waals surface area contributed by atoms with Crippen molar-refractivity contribution in [3.05, 3.63) is 59.2 Å². The SMILES string of the molecule is CCCCCCCCc1ccc(N=Cc2ccc(C(=O)OCCC(C)CC)cc2O)cc1. The first kappa shape index (κ1) is 25.6. The largest absolute Gasteiger partial charge is 0.507 e. The Balaban J connectivity index is 1.84. The average Bonchev–Trinajstić information content (AvgIpc) is 2.81. The van der Waals surface area contributed by atoms with E-state index >= 15 is 0 Å². The van der Waals surface area contributed by atoms with Crippen LogP contribution in [0.4, 0.5) is 5.69 Å². The number of esters is 1. The summed E-state index contributed by atoms with van der Waals surface area (Å²) in [5, 5.41) is 10.3. The minimum absolute atomic E-state index is 0.0184. The maximum absolute atomic E-state index is 12.2. The molecular formula is C28H39NO3. The fourth-order valence-corrected chi connectivity index (χ4v) is 3.42. The monoisotopic (exact) mass is 437 g/mol. The Bertz CT molecular complexity index is 842. The quantitative estimate of drug-likeness (QED) is 0.188. The molecule has 1 N–H and O–H groups in total. The fraction of sp³-hybridized carbons (Fsp3) is 0.500. The molecule has 0 aliphatic heterocycles. The molecule has 0 radical (unpaired) electrons. The summed E-state index contributed by atoms with van der Waals surface area (Å²) in [6, 6.07) is 13.0. The summed E-state index contributed by atoms with van der Waals surface area (Å²) in [5.41, 5.74) is 3.09. The molecule has 0 saturated heterocycles. The van der Waals surface area contributed by atoms with Gasteiger partial charge in [-0.05, 0) is 61.1 Å². The summed E-state index contributed by atoms with van der Waals surface area (Å²) in [7, 11) is 0. The first-order chi connectivity index (χ1) is 15.5. The van der Waals surface area contributed by atoms with Crippen molar-refractivity contribution in [3.8, 4) is 5.75 Å². The summed E-state index contributed by atoms with van der Waals surface area (Å²) < 4.78 is 5.30. The number of phenols is 1. The van der Waals surface area contributed by atoms with Crippen molar-refractivity contribution in [1.82, 2.24) is 0 Å². The second-order valence-electron chi connectivity index (χ2n) is 8.65. The first-order valence-electron chi connectivity index (χ1n) is 12.2. The molecule has 0 aliphatic rings. The van der Waals surface area contributed by atoms with E-state index in [1.807, 2.05) is 12.1 Å². The molecule has 174 valence electrons. The normalized spacial score (nSPS) is 12.2. The predicted molar refractivity (Wildman–Crippen MR) is 133 cm³/mol. The van der Waals surface area contributed by atoms with Gasteiger partial charge in [0.05, 0.1) is 17.9 Å². The van der Waals surface area contributed by atoms with Crippen LogP contribution in [0.15, 0.2) is 47.5 Å². The van der Waals surface area contributed by atoms with Crippen molar-refractivity contribution in [2.24, 2.45) is 10.9 Å².